The predicted octanol–water partition coefficient (Wildman–Crippen LogP) is 2.10. The number of hydrogen-bond donors (Lipinski definition) is 1. The Bertz CT molecular complexity index is 554. The van der Waals surface area contributed by atoms with Gasteiger partial charge in [0, 0.05) is 11.5 Å². The zero-order valence-electron chi connectivity index (χ0n) is 9.27. The lowest BCUT2D eigenvalue weighted by molar-refractivity contribution is 0.102. The lowest BCUT2D eigenvalue weighted by Crippen LogP contribution is -2.13. The number of hydrogen-bond acceptors (Lipinski definition) is 5. The maximum Gasteiger partial charge on any atom is 0.278 e. The Kier molecular flexibility index (Phi) is 2.21. The zero-order valence-corrected chi connectivity index (χ0v) is 9.27. The fourth-order valence-corrected chi connectivity index (χ4v) is 1.49. The molecule has 1 fully saturated rings. The molecule has 0 atom stereocenters. The first-order valence-corrected chi connectivity index (χ1v) is 5.42. The van der Waals surface area contributed by atoms with Crippen molar-refractivity contribution in [2.75, 3.05) is 5.32 Å². The lowest BCUT2D eigenvalue weighted by Gasteiger charge is -1.97. The second-order valence-electron chi connectivity index (χ2n) is 4.15. The molecule has 17 heavy (non-hydrogen) atoms. The molecule has 2 aromatic rings. The Morgan fingerprint density at radius 2 is 2.29 bits per heavy atom. The molecule has 0 spiro atoms. The largest absolute Gasteiger partial charge is 0.448 e. The number of aryl methyl sites for hydroxylation is 1. The molecule has 1 amide bonds. The molecular formula is C11H11N3O3. The summed E-state index contributed by atoms with van der Waals surface area (Å²) >= 11 is 0. The van der Waals surface area contributed by atoms with Crippen molar-refractivity contribution >= 4 is 11.7 Å². The van der Waals surface area contributed by atoms with Gasteiger partial charge in [0.25, 0.3) is 5.91 Å². The second kappa shape index (κ2) is 3.73. The highest BCUT2D eigenvalue weighted by atomic mass is 16.5. The third-order valence-electron chi connectivity index (χ3n) is 2.66. The molecule has 1 N–H and O–H groups in total. The van der Waals surface area contributed by atoms with Gasteiger partial charge in [-0.2, -0.15) is 0 Å². The number of nitrogens with one attached hydrogen (secondary N) is 1. The van der Waals surface area contributed by atoms with Crippen LogP contribution in [0.5, 0.6) is 0 Å². The summed E-state index contributed by atoms with van der Waals surface area (Å²) in [5, 5.41) is 6.28. The van der Waals surface area contributed by atoms with Crippen molar-refractivity contribution in [3.63, 3.8) is 0 Å². The summed E-state index contributed by atoms with van der Waals surface area (Å²) in [7, 11) is 0. The Labute approximate surface area is 97.0 Å². The van der Waals surface area contributed by atoms with E-state index < -0.39 is 0 Å². The van der Waals surface area contributed by atoms with Crippen molar-refractivity contribution in [1.29, 1.82) is 0 Å². The quantitative estimate of drug-likeness (QED) is 0.877. The normalized spacial score (nSPS) is 14.9. The zero-order chi connectivity index (χ0) is 11.8. The Balaban J connectivity index is 1.74. The van der Waals surface area contributed by atoms with Gasteiger partial charge in [0.05, 0.1) is 0 Å². The summed E-state index contributed by atoms with van der Waals surface area (Å²) in [4.78, 5) is 16.0. The Morgan fingerprint density at radius 1 is 1.47 bits per heavy atom. The van der Waals surface area contributed by atoms with E-state index >= 15 is 0 Å². The monoisotopic (exact) mass is 233 g/mol. The highest BCUT2D eigenvalue weighted by molar-refractivity contribution is 6.02. The summed E-state index contributed by atoms with van der Waals surface area (Å²) in [5.41, 5.74) is 1.04. The van der Waals surface area contributed by atoms with Crippen molar-refractivity contribution in [2.45, 2.75) is 25.7 Å². The number of amides is 1. The van der Waals surface area contributed by atoms with Gasteiger partial charge in [-0.25, -0.2) is 4.98 Å². The van der Waals surface area contributed by atoms with Crippen LogP contribution in [0.25, 0.3) is 0 Å². The Hall–Kier alpha value is -2.11. The molecule has 0 aliphatic heterocycles. The molecule has 3 rings (SSSR count). The lowest BCUT2D eigenvalue weighted by atomic mass is 10.3. The van der Waals surface area contributed by atoms with E-state index in [2.05, 4.69) is 15.5 Å². The summed E-state index contributed by atoms with van der Waals surface area (Å²) in [6.45, 7) is 1.80. The number of carbonyl (C=O) groups excluding carboxylic acids is 1. The highest BCUT2D eigenvalue weighted by Gasteiger charge is 2.29. The number of rotatable bonds is 3. The third-order valence-corrected chi connectivity index (χ3v) is 2.66. The molecule has 0 saturated heterocycles. The Morgan fingerprint density at radius 3 is 2.94 bits per heavy atom. The minimum absolute atomic E-state index is 0.272. The van der Waals surface area contributed by atoms with Gasteiger partial charge in [-0.05, 0) is 19.8 Å². The molecule has 1 saturated carbocycles. The van der Waals surface area contributed by atoms with E-state index in [4.69, 9.17) is 8.94 Å². The van der Waals surface area contributed by atoms with Crippen molar-refractivity contribution in [2.24, 2.45) is 0 Å². The van der Waals surface area contributed by atoms with Crippen LogP contribution in [0.15, 0.2) is 21.5 Å². The number of anilines is 1. The topological polar surface area (TPSA) is 81.2 Å². The molecule has 2 aromatic heterocycles. The van der Waals surface area contributed by atoms with Crippen LogP contribution < -0.4 is 5.32 Å². The molecule has 1 aliphatic carbocycles. The summed E-state index contributed by atoms with van der Waals surface area (Å²) in [5.74, 6) is 1.11. The van der Waals surface area contributed by atoms with E-state index in [0.29, 0.717) is 17.6 Å². The maximum atomic E-state index is 11.8. The van der Waals surface area contributed by atoms with E-state index in [1.54, 1.807) is 6.92 Å². The summed E-state index contributed by atoms with van der Waals surface area (Å²) in [6, 6.07) is 0. The maximum absolute atomic E-state index is 11.8. The van der Waals surface area contributed by atoms with Gasteiger partial charge in [-0.15, -0.1) is 0 Å². The minimum atomic E-state index is -0.336. The first-order valence-electron chi connectivity index (χ1n) is 5.42. The minimum Gasteiger partial charge on any atom is -0.448 e. The van der Waals surface area contributed by atoms with Crippen LogP contribution in [0, 0.1) is 6.92 Å². The van der Waals surface area contributed by atoms with Crippen LogP contribution >= 0.6 is 0 Å². The second-order valence-corrected chi connectivity index (χ2v) is 4.15. The number of carbonyl (C=O) groups is 1. The molecule has 88 valence electrons. The SMILES string of the molecule is Cc1conc1NC(=O)c1coc(C2CC2)n1. The van der Waals surface area contributed by atoms with Crippen molar-refractivity contribution in [3.8, 4) is 0 Å². The number of oxazole rings is 1. The van der Waals surface area contributed by atoms with Gasteiger partial charge in [0.2, 0.25) is 0 Å². The van der Waals surface area contributed by atoms with E-state index in [1.807, 2.05) is 0 Å². The molecule has 0 bridgehead atoms. The smallest absolute Gasteiger partial charge is 0.278 e. The van der Waals surface area contributed by atoms with Crippen molar-refractivity contribution in [1.82, 2.24) is 10.1 Å². The number of aromatic nitrogens is 2. The van der Waals surface area contributed by atoms with Crippen LogP contribution in [0.4, 0.5) is 5.82 Å². The van der Waals surface area contributed by atoms with E-state index in [0.717, 1.165) is 18.4 Å². The van der Waals surface area contributed by atoms with Gasteiger partial charge in [-0.3, -0.25) is 4.79 Å². The summed E-state index contributed by atoms with van der Waals surface area (Å²) < 4.78 is 9.97. The first-order chi connectivity index (χ1) is 8.24. The van der Waals surface area contributed by atoms with E-state index in [-0.39, 0.29) is 11.6 Å². The van der Waals surface area contributed by atoms with Gasteiger partial charge in [0.15, 0.2) is 17.4 Å². The molecule has 0 radical (unpaired) electrons. The fourth-order valence-electron chi connectivity index (χ4n) is 1.49. The molecule has 0 aromatic carbocycles. The summed E-state index contributed by atoms with van der Waals surface area (Å²) in [6.07, 6.45) is 5.01. The van der Waals surface area contributed by atoms with Crippen LogP contribution in [-0.2, 0) is 0 Å². The van der Waals surface area contributed by atoms with E-state index in [1.165, 1.54) is 12.5 Å². The molecular weight excluding hydrogens is 222 g/mol. The van der Waals surface area contributed by atoms with Gasteiger partial charge < -0.3 is 14.3 Å². The molecule has 6 heteroatoms. The standard InChI is InChI=1S/C11H11N3O3/c1-6-4-17-14-9(6)13-10(15)8-5-16-11(12-8)7-2-3-7/h4-5,7H,2-3H2,1H3,(H,13,14,15). The predicted molar refractivity (Wildman–Crippen MR) is 57.7 cm³/mol. The molecule has 6 nitrogen and oxygen atoms in total. The van der Waals surface area contributed by atoms with Crippen LogP contribution in [0.2, 0.25) is 0 Å². The third kappa shape index (κ3) is 1.93. The van der Waals surface area contributed by atoms with Crippen LogP contribution in [-0.4, -0.2) is 16.0 Å². The molecule has 2 heterocycles. The fraction of sp³-hybridized carbons (Fsp3) is 0.364. The number of nitrogens with zero attached hydrogens (tertiary/aromatic N) is 2. The highest BCUT2D eigenvalue weighted by Crippen LogP contribution is 2.39. The molecule has 0 unspecified atom stereocenters. The van der Waals surface area contributed by atoms with Gasteiger partial charge >= 0.3 is 0 Å². The van der Waals surface area contributed by atoms with E-state index in [9.17, 15) is 4.79 Å². The van der Waals surface area contributed by atoms with Crippen molar-refractivity contribution < 1.29 is 13.7 Å². The van der Waals surface area contributed by atoms with Gasteiger partial charge in [0.1, 0.15) is 12.5 Å². The van der Waals surface area contributed by atoms with Crippen LogP contribution in [0.1, 0.15) is 40.7 Å². The average Bonchev–Trinajstić information content (AvgIpc) is 2.91. The van der Waals surface area contributed by atoms with Gasteiger partial charge in [-0.1, -0.05) is 5.16 Å². The molecule has 1 aliphatic rings. The average molecular weight is 233 g/mol. The van der Waals surface area contributed by atoms with Crippen molar-refractivity contribution in [3.05, 3.63) is 29.7 Å². The first kappa shape index (κ1) is 10.1. The van der Waals surface area contributed by atoms with Crippen LogP contribution in [0.3, 0.4) is 0 Å².